The fraction of sp³-hybridized carbons (Fsp3) is 0.231. The van der Waals surface area contributed by atoms with Crippen LogP contribution in [0.2, 0.25) is 0 Å². The zero-order chi connectivity index (χ0) is 13.2. The number of aliphatic imine (C=N–C) groups is 1. The van der Waals surface area contributed by atoms with Gasteiger partial charge >= 0.3 is 0 Å². The molecule has 6 heteroatoms. The number of nitrogens with one attached hydrogen (secondary N) is 1. The van der Waals surface area contributed by atoms with Crippen LogP contribution in [-0.2, 0) is 0 Å². The summed E-state index contributed by atoms with van der Waals surface area (Å²) in [6, 6.07) is 7.49. The number of Topliss-reactive ketones (excluding diaryl/α,β-unsaturated/α-hetero) is 1. The van der Waals surface area contributed by atoms with Crippen LogP contribution in [0.3, 0.4) is 0 Å². The molecule has 0 fully saturated rings. The van der Waals surface area contributed by atoms with Crippen molar-refractivity contribution in [1.29, 1.82) is 0 Å². The standard InChI is InChI=1S/C13H12N2O2S2/c16-9(7-18-13-14-5-6-15-13)12-11(17)8-3-1-2-4-10(8)19-12/h1-4,17H,5-7H2,(H,14,15). The van der Waals surface area contributed by atoms with Gasteiger partial charge in [0.15, 0.2) is 11.0 Å². The van der Waals surface area contributed by atoms with E-state index in [0.29, 0.717) is 10.6 Å². The topological polar surface area (TPSA) is 61.7 Å². The maximum atomic E-state index is 12.1. The van der Waals surface area contributed by atoms with Gasteiger partial charge in [-0.1, -0.05) is 23.9 Å². The summed E-state index contributed by atoms with van der Waals surface area (Å²) >= 11 is 2.73. The number of amidine groups is 1. The molecule has 19 heavy (non-hydrogen) atoms. The van der Waals surface area contributed by atoms with Crippen LogP contribution >= 0.6 is 23.1 Å². The summed E-state index contributed by atoms with van der Waals surface area (Å²) in [5, 5.41) is 14.8. The fourth-order valence-corrected chi connectivity index (χ4v) is 3.82. The van der Waals surface area contributed by atoms with E-state index in [1.165, 1.54) is 23.1 Å². The lowest BCUT2D eigenvalue weighted by Gasteiger charge is -2.00. The number of carbonyl (C=O) groups excluding carboxylic acids is 1. The first-order valence-corrected chi connectivity index (χ1v) is 7.71. The van der Waals surface area contributed by atoms with Crippen molar-refractivity contribution < 1.29 is 9.90 Å². The number of nitrogens with zero attached hydrogens (tertiary/aromatic N) is 1. The van der Waals surface area contributed by atoms with Crippen LogP contribution in [0.4, 0.5) is 0 Å². The predicted octanol–water partition coefficient (Wildman–Crippen LogP) is 2.48. The van der Waals surface area contributed by atoms with E-state index in [1.807, 2.05) is 24.3 Å². The third-order valence-electron chi connectivity index (χ3n) is 2.81. The molecule has 0 aliphatic carbocycles. The van der Waals surface area contributed by atoms with Gasteiger partial charge in [0.05, 0.1) is 12.3 Å². The summed E-state index contributed by atoms with van der Waals surface area (Å²) in [7, 11) is 0. The average molecular weight is 292 g/mol. The van der Waals surface area contributed by atoms with Crippen LogP contribution in [0.5, 0.6) is 5.75 Å². The van der Waals surface area contributed by atoms with E-state index >= 15 is 0 Å². The maximum absolute atomic E-state index is 12.1. The summed E-state index contributed by atoms with van der Waals surface area (Å²) in [6.45, 7) is 1.61. The van der Waals surface area contributed by atoms with Gasteiger partial charge in [0.25, 0.3) is 0 Å². The van der Waals surface area contributed by atoms with Crippen molar-refractivity contribution >= 4 is 44.1 Å². The molecule has 0 saturated heterocycles. The van der Waals surface area contributed by atoms with Gasteiger partial charge in [0.1, 0.15) is 10.6 Å². The summed E-state index contributed by atoms with van der Waals surface area (Å²) < 4.78 is 0.935. The zero-order valence-electron chi connectivity index (χ0n) is 10.0. The number of rotatable bonds is 3. The van der Waals surface area contributed by atoms with Crippen LogP contribution in [0.15, 0.2) is 29.3 Å². The molecular weight excluding hydrogens is 280 g/mol. The SMILES string of the molecule is O=C(CSC1=NCCN1)c1sc2ccccc2c1O. The molecule has 0 unspecified atom stereocenters. The molecule has 0 amide bonds. The minimum atomic E-state index is -0.0555. The van der Waals surface area contributed by atoms with Gasteiger partial charge < -0.3 is 10.4 Å². The molecule has 98 valence electrons. The number of benzene rings is 1. The van der Waals surface area contributed by atoms with Crippen molar-refractivity contribution in [3.8, 4) is 5.75 Å². The number of thiophene rings is 1. The summed E-state index contributed by atoms with van der Waals surface area (Å²) in [5.41, 5.74) is 0. The Labute approximate surface area is 118 Å². The predicted molar refractivity (Wildman–Crippen MR) is 80.6 cm³/mol. The molecule has 2 heterocycles. The van der Waals surface area contributed by atoms with E-state index in [-0.39, 0.29) is 11.5 Å². The molecule has 3 rings (SSSR count). The smallest absolute Gasteiger partial charge is 0.186 e. The molecule has 0 saturated carbocycles. The van der Waals surface area contributed by atoms with Crippen molar-refractivity contribution in [3.05, 3.63) is 29.1 Å². The quantitative estimate of drug-likeness (QED) is 0.853. The van der Waals surface area contributed by atoms with Crippen LogP contribution in [-0.4, -0.2) is 34.9 Å². The Morgan fingerprint density at radius 1 is 1.47 bits per heavy atom. The lowest BCUT2D eigenvalue weighted by Crippen LogP contribution is -2.16. The van der Waals surface area contributed by atoms with Crippen molar-refractivity contribution in [3.63, 3.8) is 0 Å². The van der Waals surface area contributed by atoms with Gasteiger partial charge in [-0.2, -0.15) is 0 Å². The number of hydrogen-bond acceptors (Lipinski definition) is 6. The third kappa shape index (κ3) is 2.46. The Morgan fingerprint density at radius 3 is 3.05 bits per heavy atom. The van der Waals surface area contributed by atoms with Crippen molar-refractivity contribution in [1.82, 2.24) is 5.32 Å². The highest BCUT2D eigenvalue weighted by Gasteiger charge is 2.18. The molecule has 1 aliphatic heterocycles. The number of ketones is 1. The number of thioether (sulfide) groups is 1. The lowest BCUT2D eigenvalue weighted by molar-refractivity contribution is 0.102. The minimum Gasteiger partial charge on any atom is -0.506 e. The maximum Gasteiger partial charge on any atom is 0.186 e. The Kier molecular flexibility index (Phi) is 3.44. The van der Waals surface area contributed by atoms with Gasteiger partial charge in [-0.25, -0.2) is 0 Å². The van der Waals surface area contributed by atoms with Crippen molar-refractivity contribution in [2.24, 2.45) is 4.99 Å². The highest BCUT2D eigenvalue weighted by molar-refractivity contribution is 8.14. The third-order valence-corrected chi connectivity index (χ3v) is 4.96. The van der Waals surface area contributed by atoms with Gasteiger partial charge in [-0.3, -0.25) is 9.79 Å². The van der Waals surface area contributed by atoms with E-state index in [2.05, 4.69) is 10.3 Å². The molecule has 1 aromatic heterocycles. The first-order chi connectivity index (χ1) is 9.25. The molecular formula is C13H12N2O2S2. The molecule has 1 aliphatic rings. The van der Waals surface area contributed by atoms with Crippen LogP contribution in [0.25, 0.3) is 10.1 Å². The molecule has 2 aromatic rings. The molecule has 0 bridgehead atoms. The van der Waals surface area contributed by atoms with Gasteiger partial charge in [0.2, 0.25) is 0 Å². The van der Waals surface area contributed by atoms with Crippen LogP contribution in [0, 0.1) is 0 Å². The minimum absolute atomic E-state index is 0.0555. The molecule has 0 spiro atoms. The van der Waals surface area contributed by atoms with Gasteiger partial charge in [-0.05, 0) is 12.1 Å². The fourth-order valence-electron chi connectivity index (χ4n) is 1.89. The summed E-state index contributed by atoms with van der Waals surface area (Å²) in [6.07, 6.45) is 0. The number of hydrogen-bond donors (Lipinski definition) is 2. The summed E-state index contributed by atoms with van der Waals surface area (Å²) in [4.78, 5) is 16.8. The monoisotopic (exact) mass is 292 g/mol. The molecule has 1 aromatic carbocycles. The Bertz CT molecular complexity index is 664. The normalized spacial score (nSPS) is 14.4. The number of carbonyl (C=O) groups is 1. The average Bonchev–Trinajstić information content (AvgIpc) is 3.05. The highest BCUT2D eigenvalue weighted by Crippen LogP contribution is 2.37. The second kappa shape index (κ2) is 5.22. The summed E-state index contributed by atoms with van der Waals surface area (Å²) in [5.74, 6) is 0.347. The molecule has 4 nitrogen and oxygen atoms in total. The molecule has 2 N–H and O–H groups in total. The second-order valence-electron chi connectivity index (χ2n) is 4.10. The Morgan fingerprint density at radius 2 is 2.32 bits per heavy atom. The van der Waals surface area contributed by atoms with E-state index in [4.69, 9.17) is 0 Å². The number of fused-ring (bicyclic) bond motifs is 1. The van der Waals surface area contributed by atoms with E-state index in [1.54, 1.807) is 0 Å². The van der Waals surface area contributed by atoms with E-state index in [0.717, 1.165) is 28.3 Å². The molecule has 0 atom stereocenters. The first kappa shape index (κ1) is 12.5. The highest BCUT2D eigenvalue weighted by atomic mass is 32.2. The second-order valence-corrected chi connectivity index (χ2v) is 6.12. The Balaban J connectivity index is 1.79. The van der Waals surface area contributed by atoms with Crippen molar-refractivity contribution in [2.45, 2.75) is 0 Å². The molecule has 0 radical (unpaired) electrons. The largest absolute Gasteiger partial charge is 0.506 e. The van der Waals surface area contributed by atoms with Crippen LogP contribution < -0.4 is 5.32 Å². The van der Waals surface area contributed by atoms with Crippen LogP contribution in [0.1, 0.15) is 9.67 Å². The van der Waals surface area contributed by atoms with E-state index < -0.39 is 0 Å². The Hall–Kier alpha value is -1.53. The van der Waals surface area contributed by atoms with Crippen molar-refractivity contribution in [2.75, 3.05) is 18.8 Å². The van der Waals surface area contributed by atoms with E-state index in [9.17, 15) is 9.90 Å². The lowest BCUT2D eigenvalue weighted by atomic mass is 10.2. The zero-order valence-corrected chi connectivity index (χ0v) is 11.7. The first-order valence-electron chi connectivity index (χ1n) is 5.90. The van der Waals surface area contributed by atoms with Gasteiger partial charge in [0, 0.05) is 16.6 Å². The number of aromatic hydroxyl groups is 1. The van der Waals surface area contributed by atoms with Gasteiger partial charge in [-0.15, -0.1) is 11.3 Å².